The van der Waals surface area contributed by atoms with Crippen molar-refractivity contribution < 1.29 is 0 Å². The van der Waals surface area contributed by atoms with Crippen molar-refractivity contribution >= 4 is 41.7 Å². The van der Waals surface area contributed by atoms with E-state index < -0.39 is 0 Å². The second kappa shape index (κ2) is 12.0. The lowest BCUT2D eigenvalue weighted by Crippen LogP contribution is -2.42. The van der Waals surface area contributed by atoms with Crippen molar-refractivity contribution in [3.8, 4) is 0 Å². The number of thioether (sulfide) groups is 1. The fourth-order valence-corrected chi connectivity index (χ4v) is 3.79. The van der Waals surface area contributed by atoms with Crippen molar-refractivity contribution in [3.05, 3.63) is 30.3 Å². The summed E-state index contributed by atoms with van der Waals surface area (Å²) < 4.78 is 0. The van der Waals surface area contributed by atoms with Crippen molar-refractivity contribution in [1.82, 2.24) is 15.1 Å². The van der Waals surface area contributed by atoms with Crippen LogP contribution >= 0.6 is 35.7 Å². The molecule has 1 aliphatic rings. The third kappa shape index (κ3) is 7.19. The van der Waals surface area contributed by atoms with Gasteiger partial charge in [0, 0.05) is 43.9 Å². The van der Waals surface area contributed by atoms with Gasteiger partial charge in [-0.3, -0.25) is 4.99 Å². The van der Waals surface area contributed by atoms with Crippen molar-refractivity contribution in [3.63, 3.8) is 0 Å². The van der Waals surface area contributed by atoms with Gasteiger partial charge >= 0.3 is 0 Å². The van der Waals surface area contributed by atoms with Crippen LogP contribution in [-0.2, 0) is 0 Å². The Balaban J connectivity index is 0.00000288. The summed E-state index contributed by atoms with van der Waals surface area (Å²) in [6.07, 6.45) is 1.26. The average Bonchev–Trinajstić information content (AvgIpc) is 3.06. The molecule has 0 bridgehead atoms. The van der Waals surface area contributed by atoms with Gasteiger partial charge in [-0.05, 0) is 38.1 Å². The maximum absolute atomic E-state index is 4.45. The molecule has 0 aliphatic carbocycles. The van der Waals surface area contributed by atoms with Gasteiger partial charge in [-0.15, -0.1) is 35.7 Å². The second-order valence-corrected chi connectivity index (χ2v) is 7.19. The molecular formula is C18H31IN4S. The maximum Gasteiger partial charge on any atom is 0.193 e. The Hall–Kier alpha value is -0.470. The molecule has 1 heterocycles. The third-order valence-corrected chi connectivity index (χ3v) is 5.59. The van der Waals surface area contributed by atoms with E-state index in [9.17, 15) is 0 Å². The molecule has 0 amide bonds. The minimum absolute atomic E-state index is 0. The zero-order chi connectivity index (χ0) is 16.5. The third-order valence-electron chi connectivity index (χ3n) is 4.34. The number of nitrogens with zero attached hydrogens (tertiary/aromatic N) is 3. The number of likely N-dealkylation sites (tertiary alicyclic amines) is 1. The standard InChI is InChI=1S/C18H30N4S.HI/c1-4-21(3)13-11-20-18(19-2)22-12-10-16(14-22)15-23-17-8-6-5-7-9-17;/h5-9,16H,4,10-15H2,1-3H3,(H,19,20);1H. The summed E-state index contributed by atoms with van der Waals surface area (Å²) in [6, 6.07) is 10.7. The lowest BCUT2D eigenvalue weighted by molar-refractivity contribution is 0.353. The van der Waals surface area contributed by atoms with E-state index in [0.717, 1.165) is 44.6 Å². The Morgan fingerprint density at radius 3 is 2.79 bits per heavy atom. The van der Waals surface area contributed by atoms with Crippen LogP contribution in [0.3, 0.4) is 0 Å². The van der Waals surface area contributed by atoms with Crippen LogP contribution in [0.2, 0.25) is 0 Å². The summed E-state index contributed by atoms with van der Waals surface area (Å²) in [5, 5.41) is 3.50. The lowest BCUT2D eigenvalue weighted by atomic mass is 10.2. The Labute approximate surface area is 168 Å². The van der Waals surface area contributed by atoms with E-state index >= 15 is 0 Å². The Morgan fingerprint density at radius 1 is 1.38 bits per heavy atom. The first-order chi connectivity index (χ1) is 11.2. The first kappa shape index (κ1) is 21.6. The average molecular weight is 462 g/mol. The molecule has 1 atom stereocenters. The number of halogens is 1. The number of guanidine groups is 1. The van der Waals surface area contributed by atoms with Gasteiger partial charge in [0.25, 0.3) is 0 Å². The normalized spacial score (nSPS) is 17.9. The Kier molecular flexibility index (Phi) is 10.8. The van der Waals surface area contributed by atoms with Crippen LogP contribution in [0.1, 0.15) is 13.3 Å². The summed E-state index contributed by atoms with van der Waals surface area (Å²) in [7, 11) is 4.04. The van der Waals surface area contributed by atoms with E-state index in [-0.39, 0.29) is 24.0 Å². The molecule has 6 heteroatoms. The molecule has 2 rings (SSSR count). The van der Waals surface area contributed by atoms with E-state index in [1.807, 2.05) is 18.8 Å². The molecule has 0 aromatic heterocycles. The highest BCUT2D eigenvalue weighted by molar-refractivity contribution is 14.0. The predicted octanol–water partition coefficient (Wildman–Crippen LogP) is 3.25. The van der Waals surface area contributed by atoms with Gasteiger partial charge in [0.1, 0.15) is 0 Å². The number of nitrogens with one attached hydrogen (secondary N) is 1. The molecule has 0 radical (unpaired) electrons. The van der Waals surface area contributed by atoms with Crippen molar-refractivity contribution in [2.24, 2.45) is 10.9 Å². The number of aliphatic imine (C=N–C) groups is 1. The van der Waals surface area contributed by atoms with E-state index in [2.05, 4.69) is 64.4 Å². The zero-order valence-electron chi connectivity index (χ0n) is 15.1. The molecule has 4 nitrogen and oxygen atoms in total. The van der Waals surface area contributed by atoms with Crippen LogP contribution in [0.4, 0.5) is 0 Å². The van der Waals surface area contributed by atoms with Crippen LogP contribution in [0.5, 0.6) is 0 Å². The molecule has 0 saturated carbocycles. The number of rotatable bonds is 7. The molecule has 1 aromatic carbocycles. The van der Waals surface area contributed by atoms with E-state index in [0.29, 0.717) is 0 Å². The summed E-state index contributed by atoms with van der Waals surface area (Å²) in [6.45, 7) is 7.51. The van der Waals surface area contributed by atoms with E-state index in [1.54, 1.807) is 0 Å². The minimum atomic E-state index is 0. The molecule has 1 fully saturated rings. The van der Waals surface area contributed by atoms with Crippen molar-refractivity contribution in [2.75, 3.05) is 52.6 Å². The van der Waals surface area contributed by atoms with Gasteiger partial charge < -0.3 is 15.1 Å². The van der Waals surface area contributed by atoms with Gasteiger partial charge in [0.05, 0.1) is 0 Å². The summed E-state index contributed by atoms with van der Waals surface area (Å²) in [4.78, 5) is 10.5. The van der Waals surface area contributed by atoms with Crippen molar-refractivity contribution in [1.29, 1.82) is 0 Å². The van der Waals surface area contributed by atoms with Gasteiger partial charge in [-0.1, -0.05) is 25.1 Å². The molecule has 1 aromatic rings. The maximum atomic E-state index is 4.45. The van der Waals surface area contributed by atoms with E-state index in [1.165, 1.54) is 17.1 Å². The highest BCUT2D eigenvalue weighted by Crippen LogP contribution is 2.25. The quantitative estimate of drug-likeness (QED) is 0.292. The van der Waals surface area contributed by atoms with Crippen LogP contribution in [0, 0.1) is 5.92 Å². The number of hydrogen-bond acceptors (Lipinski definition) is 3. The van der Waals surface area contributed by atoms with Gasteiger partial charge in [0.15, 0.2) is 5.96 Å². The molecular weight excluding hydrogens is 431 g/mol. The fraction of sp³-hybridized carbons (Fsp3) is 0.611. The Morgan fingerprint density at radius 2 is 2.12 bits per heavy atom. The van der Waals surface area contributed by atoms with Crippen LogP contribution < -0.4 is 5.32 Å². The summed E-state index contributed by atoms with van der Waals surface area (Å²) in [5.74, 6) is 2.99. The van der Waals surface area contributed by atoms with E-state index in [4.69, 9.17) is 0 Å². The van der Waals surface area contributed by atoms with Gasteiger partial charge in [-0.2, -0.15) is 0 Å². The van der Waals surface area contributed by atoms with Crippen molar-refractivity contribution in [2.45, 2.75) is 18.2 Å². The highest BCUT2D eigenvalue weighted by atomic mass is 127. The highest BCUT2D eigenvalue weighted by Gasteiger charge is 2.24. The molecule has 1 saturated heterocycles. The van der Waals surface area contributed by atoms with Gasteiger partial charge in [-0.25, -0.2) is 0 Å². The molecule has 1 N–H and O–H groups in total. The number of likely N-dealkylation sites (N-methyl/N-ethyl adjacent to an activating group) is 1. The molecule has 24 heavy (non-hydrogen) atoms. The topological polar surface area (TPSA) is 30.9 Å². The lowest BCUT2D eigenvalue weighted by Gasteiger charge is -2.23. The SMILES string of the molecule is CCN(C)CCNC(=NC)N1CCC(CSc2ccccc2)C1.I. The van der Waals surface area contributed by atoms with Gasteiger partial charge in [0.2, 0.25) is 0 Å². The smallest absolute Gasteiger partial charge is 0.193 e. The molecule has 136 valence electrons. The second-order valence-electron chi connectivity index (χ2n) is 6.09. The summed E-state index contributed by atoms with van der Waals surface area (Å²) >= 11 is 1.97. The number of hydrogen-bond donors (Lipinski definition) is 1. The zero-order valence-corrected chi connectivity index (χ0v) is 18.2. The number of benzene rings is 1. The monoisotopic (exact) mass is 462 g/mol. The summed E-state index contributed by atoms with van der Waals surface area (Å²) in [5.41, 5.74) is 0. The molecule has 0 spiro atoms. The largest absolute Gasteiger partial charge is 0.355 e. The fourth-order valence-electron chi connectivity index (χ4n) is 2.74. The minimum Gasteiger partial charge on any atom is -0.355 e. The first-order valence-corrected chi connectivity index (χ1v) is 9.53. The van der Waals surface area contributed by atoms with Crippen LogP contribution in [0.25, 0.3) is 0 Å². The molecule has 1 unspecified atom stereocenters. The first-order valence-electron chi connectivity index (χ1n) is 8.55. The van der Waals surface area contributed by atoms with Crippen LogP contribution in [-0.4, -0.2) is 68.3 Å². The Bertz CT molecular complexity index is 483. The molecule has 1 aliphatic heterocycles. The van der Waals surface area contributed by atoms with Crippen LogP contribution in [0.15, 0.2) is 40.2 Å². The predicted molar refractivity (Wildman–Crippen MR) is 117 cm³/mol.